The smallest absolute Gasteiger partial charge is 0.0724 e. The molecule has 0 amide bonds. The molecule has 1 heterocycles. The number of nitrogens with two attached hydrogens (primary N) is 2. The van der Waals surface area contributed by atoms with Gasteiger partial charge in [0, 0.05) is 11.3 Å². The van der Waals surface area contributed by atoms with Gasteiger partial charge in [0.2, 0.25) is 0 Å². The molecule has 0 bridgehead atoms. The van der Waals surface area contributed by atoms with Crippen LogP contribution >= 0.6 is 0 Å². The third kappa shape index (κ3) is 2.40. The van der Waals surface area contributed by atoms with Gasteiger partial charge in [0.25, 0.3) is 0 Å². The first kappa shape index (κ1) is 13.7. The van der Waals surface area contributed by atoms with Crippen molar-refractivity contribution in [1.82, 2.24) is 4.90 Å². The number of allylic oxidation sites excluding steroid dienone is 2. The number of fused-ring (bicyclic) bond motifs is 1. The number of rotatable bonds is 3. The predicted octanol–water partition coefficient (Wildman–Crippen LogP) is 3.23. The molecule has 3 nitrogen and oxygen atoms in total. The lowest BCUT2D eigenvalue weighted by atomic mass is 10.0. The molecule has 0 saturated carbocycles. The Balaban J connectivity index is 1.85. The summed E-state index contributed by atoms with van der Waals surface area (Å²) in [6, 6.07) is 18.8. The molecule has 2 aromatic carbocycles. The summed E-state index contributed by atoms with van der Waals surface area (Å²) in [5.74, 6) is 0. The molecular weight excluding hydrogens is 282 g/mol. The molecule has 2 aromatic rings. The van der Waals surface area contributed by atoms with E-state index in [1.165, 1.54) is 0 Å². The second kappa shape index (κ2) is 5.36. The molecule has 3 heteroatoms. The van der Waals surface area contributed by atoms with Crippen LogP contribution < -0.4 is 11.5 Å². The molecular formula is C20H19N3. The highest BCUT2D eigenvalue weighted by Crippen LogP contribution is 2.43. The van der Waals surface area contributed by atoms with E-state index in [1.807, 2.05) is 48.5 Å². The van der Waals surface area contributed by atoms with Crippen LogP contribution in [0.2, 0.25) is 0 Å². The van der Waals surface area contributed by atoms with Crippen molar-refractivity contribution < 1.29 is 0 Å². The standard InChI is InChI=1S/C20H19N3/c21-16-10-6-9-15(13-16)20(19(22)14-7-2-1-3-8-14)23-17-11-4-5-12-18(17)23/h1-13,17-18H,21-22H2/b20-19-/t17-,18?,23?/m0/s1. The van der Waals surface area contributed by atoms with Crippen molar-refractivity contribution >= 4 is 17.1 Å². The highest BCUT2D eigenvalue weighted by molar-refractivity contribution is 5.90. The summed E-state index contributed by atoms with van der Waals surface area (Å²) in [7, 11) is 0. The van der Waals surface area contributed by atoms with E-state index < -0.39 is 0 Å². The molecule has 2 aliphatic rings. The van der Waals surface area contributed by atoms with E-state index in [1.54, 1.807) is 0 Å². The summed E-state index contributed by atoms with van der Waals surface area (Å²) < 4.78 is 0. The highest BCUT2D eigenvalue weighted by atomic mass is 15.4. The number of nitrogens with zero attached hydrogens (tertiary/aromatic N) is 1. The van der Waals surface area contributed by atoms with Gasteiger partial charge < -0.3 is 16.4 Å². The Morgan fingerprint density at radius 2 is 1.48 bits per heavy atom. The van der Waals surface area contributed by atoms with Crippen molar-refractivity contribution in [3.05, 3.63) is 90.0 Å². The van der Waals surface area contributed by atoms with Crippen LogP contribution in [0.5, 0.6) is 0 Å². The zero-order chi connectivity index (χ0) is 15.8. The maximum absolute atomic E-state index is 6.57. The van der Waals surface area contributed by atoms with Crippen molar-refractivity contribution in [2.75, 3.05) is 5.73 Å². The first-order valence-corrected chi connectivity index (χ1v) is 7.80. The van der Waals surface area contributed by atoms with Crippen LogP contribution in [0.15, 0.2) is 78.9 Å². The molecule has 2 atom stereocenters. The monoisotopic (exact) mass is 301 g/mol. The van der Waals surface area contributed by atoms with Crippen molar-refractivity contribution in [3.63, 3.8) is 0 Å². The van der Waals surface area contributed by atoms with Crippen LogP contribution in [-0.2, 0) is 0 Å². The quantitative estimate of drug-likeness (QED) is 0.520. The molecule has 1 saturated heterocycles. The van der Waals surface area contributed by atoms with E-state index >= 15 is 0 Å². The molecule has 4 rings (SSSR count). The lowest BCUT2D eigenvalue weighted by molar-refractivity contribution is 0.733. The number of nitrogen functional groups attached to an aromatic ring is 1. The third-order valence-electron chi connectivity index (χ3n) is 4.39. The first-order valence-electron chi connectivity index (χ1n) is 7.80. The predicted molar refractivity (Wildman–Crippen MR) is 96.0 cm³/mol. The van der Waals surface area contributed by atoms with Crippen LogP contribution in [0, 0.1) is 0 Å². The van der Waals surface area contributed by atoms with Crippen LogP contribution in [0.4, 0.5) is 5.69 Å². The van der Waals surface area contributed by atoms with Crippen molar-refractivity contribution in [1.29, 1.82) is 0 Å². The maximum atomic E-state index is 6.57. The van der Waals surface area contributed by atoms with Gasteiger partial charge in [-0.2, -0.15) is 0 Å². The SMILES string of the molecule is N/C(=C(/c1cccc(N)c1)N1C2C=CC=C[C@@H]21)c1ccccc1. The Kier molecular flexibility index (Phi) is 3.19. The molecule has 4 N–H and O–H groups in total. The highest BCUT2D eigenvalue weighted by Gasteiger charge is 2.47. The Labute approximate surface area is 136 Å². The Hall–Kier alpha value is -2.94. The van der Waals surface area contributed by atoms with Gasteiger partial charge in [0.1, 0.15) is 0 Å². The van der Waals surface area contributed by atoms with E-state index in [9.17, 15) is 0 Å². The minimum Gasteiger partial charge on any atom is -0.399 e. The maximum Gasteiger partial charge on any atom is 0.0724 e. The van der Waals surface area contributed by atoms with Gasteiger partial charge in [0.05, 0.1) is 23.5 Å². The molecule has 0 radical (unpaired) electrons. The largest absolute Gasteiger partial charge is 0.399 e. The Morgan fingerprint density at radius 3 is 2.13 bits per heavy atom. The van der Waals surface area contributed by atoms with Crippen molar-refractivity contribution in [2.45, 2.75) is 12.1 Å². The van der Waals surface area contributed by atoms with E-state index in [0.717, 1.165) is 28.2 Å². The van der Waals surface area contributed by atoms with Gasteiger partial charge in [-0.1, -0.05) is 66.8 Å². The topological polar surface area (TPSA) is 55.0 Å². The number of benzene rings is 2. The average molecular weight is 301 g/mol. The number of anilines is 1. The fourth-order valence-electron chi connectivity index (χ4n) is 3.22. The third-order valence-corrected chi connectivity index (χ3v) is 4.39. The minimum absolute atomic E-state index is 0.388. The summed E-state index contributed by atoms with van der Waals surface area (Å²) in [6.45, 7) is 0. The first-order chi connectivity index (χ1) is 11.3. The summed E-state index contributed by atoms with van der Waals surface area (Å²) in [5, 5.41) is 0. The molecule has 23 heavy (non-hydrogen) atoms. The zero-order valence-electron chi connectivity index (χ0n) is 12.8. The Morgan fingerprint density at radius 1 is 0.826 bits per heavy atom. The minimum atomic E-state index is 0.388. The van der Waals surface area contributed by atoms with Crippen molar-refractivity contribution in [2.24, 2.45) is 5.73 Å². The fourth-order valence-corrected chi connectivity index (χ4v) is 3.22. The number of hydrogen-bond donors (Lipinski definition) is 2. The van der Waals surface area contributed by atoms with Gasteiger partial charge in [-0.25, -0.2) is 0 Å². The van der Waals surface area contributed by atoms with Gasteiger partial charge in [0.15, 0.2) is 0 Å². The van der Waals surface area contributed by atoms with E-state index in [4.69, 9.17) is 11.5 Å². The van der Waals surface area contributed by atoms with Gasteiger partial charge in [-0.05, 0) is 17.7 Å². The summed E-state index contributed by atoms with van der Waals surface area (Å²) in [4.78, 5) is 2.34. The second-order valence-corrected chi connectivity index (χ2v) is 5.91. The molecule has 0 aromatic heterocycles. The average Bonchev–Trinajstić information content (AvgIpc) is 3.30. The van der Waals surface area contributed by atoms with E-state index in [-0.39, 0.29) is 0 Å². The normalized spacial score (nSPS) is 22.5. The van der Waals surface area contributed by atoms with Crippen LogP contribution in [0.25, 0.3) is 11.4 Å². The number of hydrogen-bond acceptors (Lipinski definition) is 3. The van der Waals surface area contributed by atoms with Gasteiger partial charge in [-0.3, -0.25) is 0 Å². The lowest BCUT2D eigenvalue weighted by Gasteiger charge is -2.16. The molecule has 1 unspecified atom stereocenters. The second-order valence-electron chi connectivity index (χ2n) is 5.91. The summed E-state index contributed by atoms with van der Waals surface area (Å²) >= 11 is 0. The zero-order valence-corrected chi connectivity index (χ0v) is 12.8. The molecule has 1 aliphatic heterocycles. The molecule has 1 fully saturated rings. The molecule has 114 valence electrons. The summed E-state index contributed by atoms with van der Waals surface area (Å²) in [6.07, 6.45) is 8.62. The summed E-state index contributed by atoms with van der Waals surface area (Å²) in [5.41, 5.74) is 17.2. The Bertz CT molecular complexity index is 800. The molecule has 0 spiro atoms. The van der Waals surface area contributed by atoms with Crippen LogP contribution in [0.3, 0.4) is 0 Å². The molecule has 1 aliphatic carbocycles. The van der Waals surface area contributed by atoms with Crippen LogP contribution in [-0.4, -0.2) is 17.0 Å². The fraction of sp³-hybridized carbons (Fsp3) is 0.100. The lowest BCUT2D eigenvalue weighted by Crippen LogP contribution is -2.10. The van der Waals surface area contributed by atoms with Gasteiger partial charge in [-0.15, -0.1) is 0 Å². The van der Waals surface area contributed by atoms with Crippen molar-refractivity contribution in [3.8, 4) is 0 Å². The van der Waals surface area contributed by atoms with E-state index in [0.29, 0.717) is 12.1 Å². The van der Waals surface area contributed by atoms with Crippen LogP contribution in [0.1, 0.15) is 11.1 Å². The van der Waals surface area contributed by atoms with E-state index in [2.05, 4.69) is 35.3 Å². The van der Waals surface area contributed by atoms with Gasteiger partial charge >= 0.3 is 0 Å².